The smallest absolute Gasteiger partial charge is 0.257 e. The predicted molar refractivity (Wildman–Crippen MR) is 107 cm³/mol. The highest BCUT2D eigenvalue weighted by Gasteiger charge is 2.34. The number of rotatable bonds is 9. The Morgan fingerprint density at radius 3 is 2.97 bits per heavy atom. The summed E-state index contributed by atoms with van der Waals surface area (Å²) in [7, 11) is 0. The standard InChI is InChI=1S/C19H23F3N8O/c1-12-6-25-19(27-14-7-26-29(10-14)11-16(21)22)28-18(12)24-8-15-5-13(20)9-30(15)17(31)3-2-4-23/h6-7,10,13,15-16H,2-3,5,8-9,11H2,1H3,(H2,24,25,27,28)/t13-,15-/m0/s1. The number of nitrogens with zero attached hydrogens (tertiary/aromatic N) is 6. The summed E-state index contributed by atoms with van der Waals surface area (Å²) in [6.07, 6.45) is 1.17. The van der Waals surface area contributed by atoms with Gasteiger partial charge in [0, 0.05) is 43.8 Å². The molecule has 1 aliphatic rings. The molecule has 1 fully saturated rings. The van der Waals surface area contributed by atoms with Crippen molar-refractivity contribution >= 4 is 23.4 Å². The second-order valence-corrected chi connectivity index (χ2v) is 7.26. The minimum absolute atomic E-state index is 0.0226. The Hall–Kier alpha value is -3.36. The lowest BCUT2D eigenvalue weighted by molar-refractivity contribution is -0.131. The van der Waals surface area contributed by atoms with E-state index in [1.54, 1.807) is 13.1 Å². The quantitative estimate of drug-likeness (QED) is 0.622. The number of anilines is 3. The summed E-state index contributed by atoms with van der Waals surface area (Å²) in [5, 5.41) is 18.6. The predicted octanol–water partition coefficient (Wildman–Crippen LogP) is 2.64. The van der Waals surface area contributed by atoms with Gasteiger partial charge < -0.3 is 15.5 Å². The minimum Gasteiger partial charge on any atom is -0.368 e. The monoisotopic (exact) mass is 436 g/mol. The van der Waals surface area contributed by atoms with Crippen molar-refractivity contribution in [1.29, 1.82) is 5.26 Å². The van der Waals surface area contributed by atoms with Crippen LogP contribution in [0.3, 0.4) is 0 Å². The van der Waals surface area contributed by atoms with Crippen LogP contribution in [0.25, 0.3) is 0 Å². The lowest BCUT2D eigenvalue weighted by Gasteiger charge is -2.25. The highest BCUT2D eigenvalue weighted by atomic mass is 19.3. The molecule has 3 rings (SSSR count). The minimum atomic E-state index is -2.51. The molecular weight excluding hydrogens is 413 g/mol. The fourth-order valence-corrected chi connectivity index (χ4v) is 3.36. The summed E-state index contributed by atoms with van der Waals surface area (Å²) in [5.41, 5.74) is 1.21. The normalized spacial score (nSPS) is 18.3. The average Bonchev–Trinajstić information content (AvgIpc) is 3.31. The van der Waals surface area contributed by atoms with Crippen molar-refractivity contribution < 1.29 is 18.0 Å². The van der Waals surface area contributed by atoms with Crippen LogP contribution in [-0.4, -0.2) is 62.3 Å². The van der Waals surface area contributed by atoms with Crippen molar-refractivity contribution in [2.45, 2.75) is 51.4 Å². The summed E-state index contributed by atoms with van der Waals surface area (Å²) in [6, 6.07) is 1.58. The van der Waals surface area contributed by atoms with Crippen molar-refractivity contribution in [3.8, 4) is 6.07 Å². The van der Waals surface area contributed by atoms with Crippen LogP contribution in [0, 0.1) is 18.3 Å². The highest BCUT2D eigenvalue weighted by molar-refractivity contribution is 5.77. The Bertz CT molecular complexity index is 944. The lowest BCUT2D eigenvalue weighted by Crippen LogP contribution is -2.39. The van der Waals surface area contributed by atoms with Crippen LogP contribution in [0.1, 0.15) is 24.8 Å². The molecule has 2 aromatic heterocycles. The highest BCUT2D eigenvalue weighted by Crippen LogP contribution is 2.23. The molecule has 12 heteroatoms. The van der Waals surface area contributed by atoms with Crippen LogP contribution >= 0.6 is 0 Å². The number of nitrogens with one attached hydrogen (secondary N) is 2. The Morgan fingerprint density at radius 2 is 2.23 bits per heavy atom. The molecule has 1 amide bonds. The maximum atomic E-state index is 13.9. The Labute approximate surface area is 177 Å². The number of aromatic nitrogens is 4. The van der Waals surface area contributed by atoms with Crippen molar-refractivity contribution in [2.75, 3.05) is 23.7 Å². The van der Waals surface area contributed by atoms with Gasteiger partial charge in [-0.1, -0.05) is 0 Å². The van der Waals surface area contributed by atoms with E-state index in [1.165, 1.54) is 17.3 Å². The van der Waals surface area contributed by atoms with Crippen LogP contribution in [0.15, 0.2) is 18.6 Å². The van der Waals surface area contributed by atoms with Gasteiger partial charge in [0.1, 0.15) is 18.5 Å². The first-order valence-corrected chi connectivity index (χ1v) is 9.81. The van der Waals surface area contributed by atoms with E-state index in [4.69, 9.17) is 5.26 Å². The molecular formula is C19H23F3N8O. The number of likely N-dealkylation sites (tertiary alicyclic amines) is 1. The first-order valence-electron chi connectivity index (χ1n) is 9.81. The van der Waals surface area contributed by atoms with Crippen LogP contribution < -0.4 is 10.6 Å². The summed E-state index contributed by atoms with van der Waals surface area (Å²) in [6.45, 7) is 1.61. The molecule has 0 saturated carbocycles. The zero-order chi connectivity index (χ0) is 22.4. The van der Waals surface area contributed by atoms with E-state index in [0.29, 0.717) is 18.1 Å². The molecule has 3 heterocycles. The molecule has 31 heavy (non-hydrogen) atoms. The van der Waals surface area contributed by atoms with E-state index in [0.717, 1.165) is 10.2 Å². The van der Waals surface area contributed by atoms with Crippen molar-refractivity contribution in [2.24, 2.45) is 0 Å². The van der Waals surface area contributed by atoms with Crippen molar-refractivity contribution in [3.63, 3.8) is 0 Å². The number of aryl methyl sites for hydroxylation is 1. The maximum Gasteiger partial charge on any atom is 0.257 e. The molecule has 166 valence electrons. The molecule has 2 atom stereocenters. The molecule has 0 unspecified atom stereocenters. The number of hydrogen-bond acceptors (Lipinski definition) is 7. The second kappa shape index (κ2) is 10.1. The van der Waals surface area contributed by atoms with E-state index in [1.807, 2.05) is 6.07 Å². The van der Waals surface area contributed by atoms with Gasteiger partial charge in [0.2, 0.25) is 11.9 Å². The first-order chi connectivity index (χ1) is 14.9. The summed E-state index contributed by atoms with van der Waals surface area (Å²) < 4.78 is 39.9. The molecule has 0 spiro atoms. The van der Waals surface area contributed by atoms with E-state index in [2.05, 4.69) is 25.7 Å². The van der Waals surface area contributed by atoms with E-state index >= 15 is 0 Å². The third kappa shape index (κ3) is 6.07. The van der Waals surface area contributed by atoms with Crippen molar-refractivity contribution in [1.82, 2.24) is 24.6 Å². The number of carbonyl (C=O) groups is 1. The van der Waals surface area contributed by atoms with Crippen molar-refractivity contribution in [3.05, 3.63) is 24.2 Å². The number of halogens is 3. The van der Waals surface area contributed by atoms with Crippen LogP contribution in [0.2, 0.25) is 0 Å². The van der Waals surface area contributed by atoms with Gasteiger partial charge in [-0.25, -0.2) is 18.2 Å². The van der Waals surface area contributed by atoms with Gasteiger partial charge >= 0.3 is 0 Å². The third-order valence-electron chi connectivity index (χ3n) is 4.83. The van der Waals surface area contributed by atoms with Gasteiger partial charge in [0.15, 0.2) is 0 Å². The van der Waals surface area contributed by atoms with Crippen LogP contribution in [-0.2, 0) is 11.3 Å². The average molecular weight is 436 g/mol. The second-order valence-electron chi connectivity index (χ2n) is 7.26. The molecule has 0 radical (unpaired) electrons. The Kier molecular flexibility index (Phi) is 7.28. The van der Waals surface area contributed by atoms with Crippen LogP contribution in [0.4, 0.5) is 30.6 Å². The third-order valence-corrected chi connectivity index (χ3v) is 4.83. The number of carbonyl (C=O) groups excluding carboxylic acids is 1. The van der Waals surface area contributed by atoms with Crippen LogP contribution in [0.5, 0.6) is 0 Å². The topological polar surface area (TPSA) is 112 Å². The maximum absolute atomic E-state index is 13.9. The molecule has 0 aliphatic carbocycles. The first kappa shape index (κ1) is 22.3. The fraction of sp³-hybridized carbons (Fsp3) is 0.526. The number of amides is 1. The number of alkyl halides is 3. The molecule has 0 bridgehead atoms. The van der Waals surface area contributed by atoms with Gasteiger partial charge in [-0.2, -0.15) is 15.3 Å². The van der Waals surface area contributed by atoms with Gasteiger partial charge in [-0.15, -0.1) is 0 Å². The van der Waals surface area contributed by atoms with Gasteiger partial charge in [0.05, 0.1) is 30.5 Å². The SMILES string of the molecule is Cc1cnc(Nc2cnn(CC(F)F)c2)nc1NC[C@@H]1C[C@H](F)CN1C(=O)CCC#N. The number of hydrogen-bond donors (Lipinski definition) is 2. The summed E-state index contributed by atoms with van der Waals surface area (Å²) >= 11 is 0. The molecule has 1 aliphatic heterocycles. The molecule has 9 nitrogen and oxygen atoms in total. The molecule has 2 aromatic rings. The van der Waals surface area contributed by atoms with Gasteiger partial charge in [-0.3, -0.25) is 9.48 Å². The van der Waals surface area contributed by atoms with E-state index in [9.17, 15) is 18.0 Å². The molecule has 1 saturated heterocycles. The fourth-order valence-electron chi connectivity index (χ4n) is 3.36. The summed E-state index contributed by atoms with van der Waals surface area (Å²) in [4.78, 5) is 22.3. The number of nitriles is 1. The Morgan fingerprint density at radius 1 is 1.42 bits per heavy atom. The van der Waals surface area contributed by atoms with Gasteiger partial charge in [0.25, 0.3) is 6.43 Å². The zero-order valence-electron chi connectivity index (χ0n) is 16.9. The molecule has 0 aromatic carbocycles. The lowest BCUT2D eigenvalue weighted by atomic mass is 10.2. The largest absolute Gasteiger partial charge is 0.368 e. The van der Waals surface area contributed by atoms with E-state index < -0.39 is 19.1 Å². The zero-order valence-corrected chi connectivity index (χ0v) is 16.9. The summed E-state index contributed by atoms with van der Waals surface area (Å²) in [5.74, 6) is 0.502. The van der Waals surface area contributed by atoms with E-state index in [-0.39, 0.29) is 43.7 Å². The molecule has 2 N–H and O–H groups in total. The van der Waals surface area contributed by atoms with Gasteiger partial charge in [-0.05, 0) is 6.92 Å². The Balaban J connectivity index is 1.63.